The van der Waals surface area contributed by atoms with E-state index in [1.807, 2.05) is 24.3 Å². The van der Waals surface area contributed by atoms with Gasteiger partial charge in [0.2, 0.25) is 0 Å². The predicted molar refractivity (Wildman–Crippen MR) is 67.8 cm³/mol. The summed E-state index contributed by atoms with van der Waals surface area (Å²) in [5.41, 5.74) is 1.90. The molecule has 1 heterocycles. The second-order valence-electron chi connectivity index (χ2n) is 4.58. The van der Waals surface area contributed by atoms with Crippen LogP contribution in [0.1, 0.15) is 35.2 Å². The molecule has 1 fully saturated rings. The van der Waals surface area contributed by atoms with Crippen LogP contribution in [0.2, 0.25) is 0 Å². The van der Waals surface area contributed by atoms with Crippen molar-refractivity contribution in [2.75, 3.05) is 20.2 Å². The van der Waals surface area contributed by atoms with Gasteiger partial charge in [0, 0.05) is 24.6 Å². The zero-order chi connectivity index (χ0) is 13.1. The fourth-order valence-electron chi connectivity index (χ4n) is 2.32. The monoisotopic (exact) mass is 247 g/mol. The maximum absolute atomic E-state index is 11.4. The lowest BCUT2D eigenvalue weighted by Crippen LogP contribution is -2.28. The molecule has 18 heavy (non-hydrogen) atoms. The fraction of sp³-hybridized carbons (Fsp3) is 0.429. The van der Waals surface area contributed by atoms with Crippen LogP contribution in [0.4, 0.5) is 4.79 Å². The lowest BCUT2D eigenvalue weighted by molar-refractivity contribution is 0.101. The van der Waals surface area contributed by atoms with Crippen LogP contribution in [0.3, 0.4) is 0 Å². The van der Waals surface area contributed by atoms with Crippen LogP contribution in [-0.4, -0.2) is 37.0 Å². The van der Waals surface area contributed by atoms with E-state index in [4.69, 9.17) is 4.74 Å². The molecule has 1 atom stereocenters. The van der Waals surface area contributed by atoms with E-state index in [1.165, 1.54) is 12.7 Å². The van der Waals surface area contributed by atoms with Gasteiger partial charge < -0.3 is 9.64 Å². The molecule has 0 bridgehead atoms. The highest BCUT2D eigenvalue weighted by atomic mass is 16.5. The minimum absolute atomic E-state index is 0.0733. The molecule has 0 radical (unpaired) electrons. The molecule has 1 unspecified atom stereocenters. The normalized spacial score (nSPS) is 18.8. The summed E-state index contributed by atoms with van der Waals surface area (Å²) in [7, 11) is 1.40. The van der Waals surface area contributed by atoms with Crippen molar-refractivity contribution < 1.29 is 14.3 Å². The summed E-state index contributed by atoms with van der Waals surface area (Å²) < 4.78 is 4.71. The molecule has 0 spiro atoms. The van der Waals surface area contributed by atoms with Gasteiger partial charge in [-0.3, -0.25) is 4.79 Å². The third-order valence-corrected chi connectivity index (χ3v) is 3.41. The first-order valence-corrected chi connectivity index (χ1v) is 6.05. The van der Waals surface area contributed by atoms with Crippen LogP contribution in [-0.2, 0) is 4.74 Å². The Kier molecular flexibility index (Phi) is 3.65. The number of carbonyl (C=O) groups excluding carboxylic acids is 2. The summed E-state index contributed by atoms with van der Waals surface area (Å²) in [6, 6.07) is 7.64. The number of methoxy groups -OCH3 is 1. The van der Waals surface area contributed by atoms with Crippen molar-refractivity contribution in [2.24, 2.45) is 0 Å². The maximum Gasteiger partial charge on any atom is 0.409 e. The molecule has 4 nitrogen and oxygen atoms in total. The lowest BCUT2D eigenvalue weighted by atomic mass is 9.97. The topological polar surface area (TPSA) is 46.6 Å². The summed E-state index contributed by atoms with van der Waals surface area (Å²) in [5, 5.41) is 0. The first kappa shape index (κ1) is 12.6. The molecule has 0 aliphatic carbocycles. The van der Waals surface area contributed by atoms with Gasteiger partial charge in [0.05, 0.1) is 7.11 Å². The molecule has 1 aliphatic rings. The number of ketones is 1. The Hall–Kier alpha value is -1.84. The van der Waals surface area contributed by atoms with Gasteiger partial charge in [-0.15, -0.1) is 0 Å². The molecule has 1 amide bonds. The lowest BCUT2D eigenvalue weighted by Gasteiger charge is -2.14. The number of carbonyl (C=O) groups is 2. The van der Waals surface area contributed by atoms with Gasteiger partial charge in [0.25, 0.3) is 0 Å². The first-order valence-electron chi connectivity index (χ1n) is 6.05. The van der Waals surface area contributed by atoms with Crippen LogP contribution in [0.15, 0.2) is 24.3 Å². The SMILES string of the molecule is COC(=O)N1CCC(c2ccc(C(C)=O)cc2)C1. The van der Waals surface area contributed by atoms with Gasteiger partial charge in [-0.05, 0) is 18.9 Å². The Labute approximate surface area is 107 Å². The van der Waals surface area contributed by atoms with Gasteiger partial charge in [-0.25, -0.2) is 4.79 Å². The van der Waals surface area contributed by atoms with E-state index in [2.05, 4.69) is 0 Å². The number of amides is 1. The Balaban J connectivity index is 2.05. The molecule has 96 valence electrons. The maximum atomic E-state index is 11.4. The van der Waals surface area contributed by atoms with Crippen molar-refractivity contribution in [1.82, 2.24) is 4.90 Å². The highest BCUT2D eigenvalue weighted by Crippen LogP contribution is 2.27. The van der Waals surface area contributed by atoms with Gasteiger partial charge >= 0.3 is 6.09 Å². The third-order valence-electron chi connectivity index (χ3n) is 3.41. The number of hydrogen-bond donors (Lipinski definition) is 0. The summed E-state index contributed by atoms with van der Waals surface area (Å²) >= 11 is 0. The van der Waals surface area contributed by atoms with Gasteiger partial charge in [-0.2, -0.15) is 0 Å². The Morgan fingerprint density at radius 3 is 2.50 bits per heavy atom. The Morgan fingerprint density at radius 2 is 1.94 bits per heavy atom. The van der Waals surface area contributed by atoms with E-state index in [0.29, 0.717) is 12.5 Å². The van der Waals surface area contributed by atoms with E-state index in [1.54, 1.807) is 11.8 Å². The van der Waals surface area contributed by atoms with Crippen LogP contribution >= 0.6 is 0 Å². The Bertz CT molecular complexity index is 453. The van der Waals surface area contributed by atoms with Crippen LogP contribution in [0, 0.1) is 0 Å². The molecule has 1 saturated heterocycles. The van der Waals surface area contributed by atoms with Crippen molar-refractivity contribution in [3.63, 3.8) is 0 Å². The van der Waals surface area contributed by atoms with Gasteiger partial charge in [0.15, 0.2) is 5.78 Å². The quantitative estimate of drug-likeness (QED) is 0.754. The van der Waals surface area contributed by atoms with E-state index in [-0.39, 0.29) is 11.9 Å². The molecule has 0 N–H and O–H groups in total. The van der Waals surface area contributed by atoms with Crippen molar-refractivity contribution in [3.05, 3.63) is 35.4 Å². The second-order valence-corrected chi connectivity index (χ2v) is 4.58. The number of nitrogens with zero attached hydrogens (tertiary/aromatic N) is 1. The average molecular weight is 247 g/mol. The summed E-state index contributed by atoms with van der Waals surface area (Å²) in [5.74, 6) is 0.411. The zero-order valence-corrected chi connectivity index (χ0v) is 10.7. The molecule has 2 rings (SSSR count). The minimum Gasteiger partial charge on any atom is -0.453 e. The Morgan fingerprint density at radius 1 is 1.28 bits per heavy atom. The van der Waals surface area contributed by atoms with Crippen molar-refractivity contribution in [2.45, 2.75) is 19.3 Å². The summed E-state index contributed by atoms with van der Waals surface area (Å²) in [6.45, 7) is 2.97. The molecular weight excluding hydrogens is 230 g/mol. The molecule has 1 aromatic rings. The third kappa shape index (κ3) is 2.53. The van der Waals surface area contributed by atoms with Gasteiger partial charge in [0.1, 0.15) is 0 Å². The zero-order valence-electron chi connectivity index (χ0n) is 10.7. The van der Waals surface area contributed by atoms with E-state index in [9.17, 15) is 9.59 Å². The second kappa shape index (κ2) is 5.21. The van der Waals surface area contributed by atoms with E-state index in [0.717, 1.165) is 18.5 Å². The number of rotatable bonds is 2. The number of hydrogen-bond acceptors (Lipinski definition) is 3. The number of Topliss-reactive ketones (excluding diaryl/α,β-unsaturated/α-hetero) is 1. The largest absolute Gasteiger partial charge is 0.453 e. The van der Waals surface area contributed by atoms with E-state index < -0.39 is 0 Å². The minimum atomic E-state index is -0.266. The fourth-order valence-corrected chi connectivity index (χ4v) is 2.32. The van der Waals surface area contributed by atoms with Crippen molar-refractivity contribution >= 4 is 11.9 Å². The summed E-state index contributed by atoms with van der Waals surface area (Å²) in [4.78, 5) is 24.3. The van der Waals surface area contributed by atoms with Crippen LogP contribution in [0.25, 0.3) is 0 Å². The summed E-state index contributed by atoms with van der Waals surface area (Å²) in [6.07, 6.45) is 0.673. The number of ether oxygens (including phenoxy) is 1. The first-order chi connectivity index (χ1) is 8.61. The molecule has 1 aromatic carbocycles. The molecule has 1 aliphatic heterocycles. The van der Waals surface area contributed by atoms with Crippen LogP contribution in [0.5, 0.6) is 0 Å². The van der Waals surface area contributed by atoms with Crippen molar-refractivity contribution in [3.8, 4) is 0 Å². The number of likely N-dealkylation sites (tertiary alicyclic amines) is 1. The molecule has 0 aromatic heterocycles. The smallest absolute Gasteiger partial charge is 0.409 e. The molecular formula is C14H17NO3. The van der Waals surface area contributed by atoms with Crippen LogP contribution < -0.4 is 0 Å². The molecule has 4 heteroatoms. The van der Waals surface area contributed by atoms with Gasteiger partial charge in [-0.1, -0.05) is 24.3 Å². The van der Waals surface area contributed by atoms with E-state index >= 15 is 0 Å². The highest BCUT2D eigenvalue weighted by molar-refractivity contribution is 5.94. The number of benzene rings is 1. The van der Waals surface area contributed by atoms with Crippen molar-refractivity contribution in [1.29, 1.82) is 0 Å². The highest BCUT2D eigenvalue weighted by Gasteiger charge is 2.27. The average Bonchev–Trinajstić information content (AvgIpc) is 2.87. The molecule has 0 saturated carbocycles. The predicted octanol–water partition coefficient (Wildman–Crippen LogP) is 2.44. The standard InChI is InChI=1S/C14H17NO3/c1-10(16)11-3-5-12(6-4-11)13-7-8-15(9-13)14(17)18-2/h3-6,13H,7-9H2,1-2H3.